The zero-order valence-electron chi connectivity index (χ0n) is 8.64. The van der Waals surface area contributed by atoms with E-state index in [4.69, 9.17) is 0 Å². The molecule has 0 aliphatic heterocycles. The van der Waals surface area contributed by atoms with Gasteiger partial charge in [0.2, 0.25) is 0 Å². The van der Waals surface area contributed by atoms with Crippen LogP contribution in [0.15, 0.2) is 0 Å². The summed E-state index contributed by atoms with van der Waals surface area (Å²) >= 11 is 4.01. The van der Waals surface area contributed by atoms with E-state index in [1.165, 1.54) is 37.9 Å². The molecular weight excluding hydrogens is 184 g/mol. The van der Waals surface area contributed by atoms with Gasteiger partial charge in [-0.1, -0.05) is 32.6 Å². The summed E-state index contributed by atoms with van der Waals surface area (Å²) in [6.07, 6.45) is 11.5. The van der Waals surface area contributed by atoms with Crippen molar-refractivity contribution in [1.82, 2.24) is 0 Å². The second-order valence-electron chi connectivity index (χ2n) is 3.16. The van der Waals surface area contributed by atoms with E-state index in [-0.39, 0.29) is 0 Å². The molecule has 0 spiro atoms. The molecule has 12 heavy (non-hydrogen) atoms. The molecule has 74 valence electrons. The highest BCUT2D eigenvalue weighted by molar-refractivity contribution is 8.02. The zero-order chi connectivity index (χ0) is 9.23. The first-order chi connectivity index (χ1) is 5.85. The quantitative estimate of drug-likeness (QED) is 0.550. The number of rotatable bonds is 8. The summed E-state index contributed by atoms with van der Waals surface area (Å²) in [4.78, 5) is 0. The molecule has 0 aromatic rings. The lowest BCUT2D eigenvalue weighted by Crippen LogP contribution is -2.04. The van der Waals surface area contributed by atoms with Crippen molar-refractivity contribution in [2.24, 2.45) is 0 Å². The number of hydrogen-bond acceptors (Lipinski definition) is 2. The summed E-state index contributed by atoms with van der Waals surface area (Å²) < 4.78 is 0. The van der Waals surface area contributed by atoms with Crippen LogP contribution in [0.4, 0.5) is 0 Å². The van der Waals surface area contributed by atoms with Crippen molar-refractivity contribution < 1.29 is 0 Å². The first kappa shape index (κ1) is 12.7. The molecule has 1 atom stereocenters. The average Bonchev–Trinajstić information content (AvgIpc) is 2.10. The standard InChI is InChI=1S/C10H22S2/c1-4-5-6-7-8-10(12-3)9-11-2/h10H,4-9H2,1-3H3. The molecule has 0 aromatic heterocycles. The summed E-state index contributed by atoms with van der Waals surface area (Å²) in [7, 11) is 0. The van der Waals surface area contributed by atoms with E-state index in [0.29, 0.717) is 0 Å². The molecule has 0 radical (unpaired) electrons. The van der Waals surface area contributed by atoms with Gasteiger partial charge in [0.1, 0.15) is 0 Å². The second kappa shape index (κ2) is 9.79. The van der Waals surface area contributed by atoms with Gasteiger partial charge in [0.05, 0.1) is 0 Å². The molecule has 0 aromatic carbocycles. The van der Waals surface area contributed by atoms with Crippen LogP contribution in [0.3, 0.4) is 0 Å². The highest BCUT2D eigenvalue weighted by Gasteiger charge is 2.04. The summed E-state index contributed by atoms with van der Waals surface area (Å²) in [6, 6.07) is 0. The Labute approximate surface area is 86.3 Å². The lowest BCUT2D eigenvalue weighted by Gasteiger charge is -2.11. The Bertz CT molecular complexity index is 83.9. The maximum Gasteiger partial charge on any atom is 0.0135 e. The fraction of sp³-hybridized carbons (Fsp3) is 1.00. The monoisotopic (exact) mass is 206 g/mol. The molecule has 0 saturated carbocycles. The van der Waals surface area contributed by atoms with E-state index < -0.39 is 0 Å². The normalized spacial score (nSPS) is 13.2. The third-order valence-electron chi connectivity index (χ3n) is 2.07. The van der Waals surface area contributed by atoms with Crippen molar-refractivity contribution >= 4 is 23.5 Å². The molecule has 0 amide bonds. The van der Waals surface area contributed by atoms with E-state index in [2.05, 4.69) is 19.4 Å². The molecule has 1 unspecified atom stereocenters. The van der Waals surface area contributed by atoms with Gasteiger partial charge in [-0.15, -0.1) is 0 Å². The fourth-order valence-electron chi connectivity index (χ4n) is 1.25. The van der Waals surface area contributed by atoms with Crippen molar-refractivity contribution in [3.8, 4) is 0 Å². The maximum absolute atomic E-state index is 2.27. The Morgan fingerprint density at radius 3 is 2.33 bits per heavy atom. The molecule has 0 aliphatic rings. The first-order valence-corrected chi connectivity index (χ1v) is 7.55. The minimum Gasteiger partial charge on any atom is -0.164 e. The summed E-state index contributed by atoms with van der Waals surface area (Å²) in [5.74, 6) is 1.33. The molecule has 0 rings (SSSR count). The maximum atomic E-state index is 2.27. The average molecular weight is 206 g/mol. The van der Waals surface area contributed by atoms with Crippen LogP contribution >= 0.6 is 23.5 Å². The molecule has 0 heterocycles. The third kappa shape index (κ3) is 7.35. The molecule has 2 heteroatoms. The third-order valence-corrected chi connectivity index (χ3v) is 4.08. The van der Waals surface area contributed by atoms with Gasteiger partial charge < -0.3 is 0 Å². The van der Waals surface area contributed by atoms with Crippen LogP contribution in [0.1, 0.15) is 39.0 Å². The van der Waals surface area contributed by atoms with Crippen LogP contribution in [-0.2, 0) is 0 Å². The van der Waals surface area contributed by atoms with Crippen LogP contribution in [0, 0.1) is 0 Å². The SMILES string of the molecule is CCCCCCC(CSC)SC. The predicted octanol–water partition coefficient (Wildman–Crippen LogP) is 4.05. The molecule has 0 saturated heterocycles. The molecular formula is C10H22S2. The van der Waals surface area contributed by atoms with Crippen molar-refractivity contribution in [2.75, 3.05) is 18.3 Å². The summed E-state index contributed by atoms with van der Waals surface area (Å²) in [6.45, 7) is 2.27. The van der Waals surface area contributed by atoms with Gasteiger partial charge in [-0.3, -0.25) is 0 Å². The van der Waals surface area contributed by atoms with Crippen LogP contribution in [0.2, 0.25) is 0 Å². The zero-order valence-corrected chi connectivity index (χ0v) is 10.3. The summed E-state index contributed by atoms with van der Waals surface area (Å²) in [5.41, 5.74) is 0. The smallest absolute Gasteiger partial charge is 0.0135 e. The Kier molecular flexibility index (Phi) is 10.4. The Morgan fingerprint density at radius 1 is 1.08 bits per heavy atom. The van der Waals surface area contributed by atoms with Gasteiger partial charge in [-0.25, -0.2) is 0 Å². The van der Waals surface area contributed by atoms with E-state index in [1.807, 2.05) is 23.5 Å². The second-order valence-corrected chi connectivity index (χ2v) is 5.21. The largest absolute Gasteiger partial charge is 0.164 e. The highest BCUT2D eigenvalue weighted by Crippen LogP contribution is 2.18. The number of unbranched alkanes of at least 4 members (excludes halogenated alkanes) is 3. The molecule has 0 nitrogen and oxygen atoms in total. The first-order valence-electron chi connectivity index (χ1n) is 4.86. The van der Waals surface area contributed by atoms with Crippen LogP contribution in [-0.4, -0.2) is 23.5 Å². The molecule has 0 aliphatic carbocycles. The molecule has 0 bridgehead atoms. The summed E-state index contributed by atoms with van der Waals surface area (Å²) in [5, 5.41) is 0.900. The Morgan fingerprint density at radius 2 is 1.83 bits per heavy atom. The van der Waals surface area contributed by atoms with Gasteiger partial charge in [-0.05, 0) is 18.9 Å². The topological polar surface area (TPSA) is 0 Å². The van der Waals surface area contributed by atoms with Crippen molar-refractivity contribution in [3.05, 3.63) is 0 Å². The highest BCUT2D eigenvalue weighted by atomic mass is 32.2. The van der Waals surface area contributed by atoms with Crippen LogP contribution in [0.25, 0.3) is 0 Å². The van der Waals surface area contributed by atoms with Gasteiger partial charge in [-0.2, -0.15) is 23.5 Å². The fourth-order valence-corrected chi connectivity index (χ4v) is 3.15. The number of hydrogen-bond donors (Lipinski definition) is 0. The van der Waals surface area contributed by atoms with Gasteiger partial charge in [0.15, 0.2) is 0 Å². The number of thioether (sulfide) groups is 2. The lowest BCUT2D eigenvalue weighted by molar-refractivity contribution is 0.633. The minimum atomic E-state index is 0.900. The van der Waals surface area contributed by atoms with E-state index in [1.54, 1.807) is 0 Å². The van der Waals surface area contributed by atoms with E-state index in [9.17, 15) is 0 Å². The van der Waals surface area contributed by atoms with Crippen LogP contribution < -0.4 is 0 Å². The minimum absolute atomic E-state index is 0.900. The Hall–Kier alpha value is 0.700. The van der Waals surface area contributed by atoms with E-state index in [0.717, 1.165) is 5.25 Å². The molecule has 0 N–H and O–H groups in total. The van der Waals surface area contributed by atoms with Gasteiger partial charge in [0.25, 0.3) is 0 Å². The molecule has 0 fully saturated rings. The van der Waals surface area contributed by atoms with Gasteiger partial charge >= 0.3 is 0 Å². The van der Waals surface area contributed by atoms with Gasteiger partial charge in [0, 0.05) is 11.0 Å². The lowest BCUT2D eigenvalue weighted by atomic mass is 10.1. The Balaban J connectivity index is 3.19. The van der Waals surface area contributed by atoms with Crippen LogP contribution in [0.5, 0.6) is 0 Å². The van der Waals surface area contributed by atoms with E-state index >= 15 is 0 Å². The van der Waals surface area contributed by atoms with Crippen molar-refractivity contribution in [2.45, 2.75) is 44.3 Å². The predicted molar refractivity (Wildman–Crippen MR) is 64.4 cm³/mol. The van der Waals surface area contributed by atoms with Crippen molar-refractivity contribution in [1.29, 1.82) is 0 Å². The van der Waals surface area contributed by atoms with Crippen molar-refractivity contribution in [3.63, 3.8) is 0 Å².